The van der Waals surface area contributed by atoms with Crippen molar-refractivity contribution in [2.75, 3.05) is 484 Å². The van der Waals surface area contributed by atoms with Gasteiger partial charge in [-0.3, -0.25) is 39.2 Å². The fraction of sp³-hybridized carbons (Fsp3) is 0.745. The highest BCUT2D eigenvalue weighted by Gasteiger charge is 2.28. The molecule has 0 spiro atoms. The van der Waals surface area contributed by atoms with Gasteiger partial charge < -0.3 is 110 Å². The van der Waals surface area contributed by atoms with Crippen molar-refractivity contribution in [3.63, 3.8) is 0 Å². The van der Waals surface area contributed by atoms with Crippen molar-refractivity contribution in [3.05, 3.63) is 24.8 Å². The Labute approximate surface area is 825 Å². The molecule has 0 saturated carbocycles. The molecule has 0 radical (unpaired) electrons. The number of aromatic nitrogens is 16. The van der Waals surface area contributed by atoms with Crippen LogP contribution in [0.5, 0.6) is 0 Å². The van der Waals surface area contributed by atoms with Crippen molar-refractivity contribution in [1.82, 2.24) is 139 Å². The molecule has 12 aliphatic rings. The standard InChI is InChI=1S/C24H41N11O.C24H40N10O.C23H38N10O2.C23H37N9O2/c1-31-7-11-33(12-8-31)5-3-25-20-19-27-21-22(26-4-6-34-15-17-36-18-16-34)29-24(30-23(21)28-20)35-13-9-32(2)10-14-35;1-31-11-13-32(14-12-31)9-5-25-20-19-27-21-22(26-6-10-33-15-17-35-18-16-33)29-24(30-23(21)28-20)34-7-3-2-4-8-34;1-30-6-8-33(9-7-30)23-28-21(25-3-5-32-12-16-35-17-13-32)20-22(29-23)27-19(18-26-20)24-2-4-31-10-14-34-15-11-31;1-2-6-32(7-3-1)23-28-21(25-5-9-31-12-16-34-17-13-31)20-22(29-23)27-19(18-26-20)24-4-8-30-10-14-33-15-11-30/h19H,3-18H2,1-2H3,(H2,25,26,28,29,30);19H,2-18H2,1H3,(H2,25,26,28,29,30);18H,2-17H2,1H3,(H2,24,25,27,28,29);18H,1-17H2,(H2,24,25,27,28,29). The Balaban J connectivity index is 0.000000129. The zero-order valence-electron chi connectivity index (χ0n) is 83.7. The summed E-state index contributed by atoms with van der Waals surface area (Å²) in [6, 6.07) is 0. The van der Waals surface area contributed by atoms with Gasteiger partial charge in [0.15, 0.2) is 67.9 Å². The second-order valence-electron chi connectivity index (χ2n) is 38.3. The lowest BCUT2D eigenvalue weighted by molar-refractivity contribution is 0.0398. The normalized spacial score (nSPS) is 20.9. The van der Waals surface area contributed by atoms with Crippen LogP contribution in [0.4, 0.5) is 70.3 Å². The van der Waals surface area contributed by atoms with Gasteiger partial charge in [0.25, 0.3) is 0 Å². The first kappa shape index (κ1) is 102. The number of nitrogens with one attached hydrogen (secondary N) is 8. The fourth-order valence-corrected chi connectivity index (χ4v) is 19.0. The molecule has 12 fully saturated rings. The van der Waals surface area contributed by atoms with Crippen molar-refractivity contribution in [2.24, 2.45) is 0 Å². The lowest BCUT2D eigenvalue weighted by Crippen LogP contribution is -2.45. The Bertz CT molecular complexity index is 4990. The fourth-order valence-electron chi connectivity index (χ4n) is 19.0. The Kier molecular flexibility index (Phi) is 39.6. The molecule has 20 heterocycles. The quantitative estimate of drug-likeness (QED) is 0.0271. The summed E-state index contributed by atoms with van der Waals surface area (Å²) in [7, 11) is 8.68. The average molecular weight is 1940 g/mol. The van der Waals surface area contributed by atoms with E-state index in [-0.39, 0.29) is 0 Å². The monoisotopic (exact) mass is 1940 g/mol. The van der Waals surface area contributed by atoms with E-state index in [1.165, 1.54) is 38.5 Å². The number of anilines is 12. The predicted octanol–water partition coefficient (Wildman–Crippen LogP) is 0.947. The van der Waals surface area contributed by atoms with Crippen molar-refractivity contribution in [2.45, 2.75) is 38.5 Å². The molecule has 0 atom stereocenters. The van der Waals surface area contributed by atoms with Crippen molar-refractivity contribution in [1.29, 1.82) is 0 Å². The van der Waals surface area contributed by atoms with Crippen LogP contribution in [0.2, 0.25) is 0 Å². The maximum absolute atomic E-state index is 5.47. The van der Waals surface area contributed by atoms with Gasteiger partial charge in [-0.25, -0.2) is 39.9 Å². The molecule has 140 heavy (non-hydrogen) atoms. The first-order chi connectivity index (χ1) is 69.0. The third-order valence-electron chi connectivity index (χ3n) is 28.1. The van der Waals surface area contributed by atoms with E-state index >= 15 is 0 Å². The maximum Gasteiger partial charge on any atom is 0.229 e. The van der Waals surface area contributed by atoms with Crippen LogP contribution in [0.1, 0.15) is 38.5 Å². The summed E-state index contributed by atoms with van der Waals surface area (Å²) in [5, 5.41) is 27.8. The highest BCUT2D eigenvalue weighted by molar-refractivity contribution is 5.87. The molecular formula is C94H156N40O6. The molecule has 12 saturated heterocycles. The summed E-state index contributed by atoms with van der Waals surface area (Å²) in [5.74, 6) is 9.06. The third kappa shape index (κ3) is 31.3. The largest absolute Gasteiger partial charge is 0.379 e. The van der Waals surface area contributed by atoms with Gasteiger partial charge in [-0.15, -0.1) is 0 Å². The molecule has 768 valence electrons. The van der Waals surface area contributed by atoms with E-state index < -0.39 is 0 Å². The number of morpholine rings is 6. The van der Waals surface area contributed by atoms with E-state index in [1.807, 2.05) is 6.20 Å². The topological polar surface area (TPSA) is 410 Å². The van der Waals surface area contributed by atoms with E-state index in [4.69, 9.17) is 108 Å². The second-order valence-corrected chi connectivity index (χ2v) is 38.3. The molecule has 0 unspecified atom stereocenters. The number of rotatable bonds is 36. The van der Waals surface area contributed by atoms with Crippen molar-refractivity contribution in [3.8, 4) is 0 Å². The van der Waals surface area contributed by atoms with Gasteiger partial charge >= 0.3 is 0 Å². The Morgan fingerprint density at radius 2 is 0.386 bits per heavy atom. The van der Waals surface area contributed by atoms with Gasteiger partial charge in [0, 0.05) is 314 Å². The van der Waals surface area contributed by atoms with E-state index in [0.717, 1.165) is 480 Å². The van der Waals surface area contributed by atoms with E-state index in [1.54, 1.807) is 18.6 Å². The van der Waals surface area contributed by atoms with Gasteiger partial charge in [-0.1, -0.05) is 0 Å². The molecule has 8 N–H and O–H groups in total. The molecule has 0 aliphatic carbocycles. The third-order valence-corrected chi connectivity index (χ3v) is 28.1. The zero-order chi connectivity index (χ0) is 95.5. The van der Waals surface area contributed by atoms with Gasteiger partial charge in [-0.2, -0.15) is 39.9 Å². The minimum Gasteiger partial charge on any atom is -0.379 e. The summed E-state index contributed by atoms with van der Waals surface area (Å²) in [5.41, 5.74) is 5.44. The molecule has 0 aromatic carbocycles. The molecule has 46 nitrogen and oxygen atoms in total. The van der Waals surface area contributed by atoms with Crippen LogP contribution < -0.4 is 62.1 Å². The van der Waals surface area contributed by atoms with Crippen molar-refractivity contribution >= 4 is 115 Å². The van der Waals surface area contributed by atoms with Crippen LogP contribution in [0.15, 0.2) is 24.8 Å². The van der Waals surface area contributed by atoms with Gasteiger partial charge in [0.2, 0.25) is 23.8 Å². The van der Waals surface area contributed by atoms with Crippen LogP contribution in [0.3, 0.4) is 0 Å². The molecular weight excluding hydrogens is 1790 g/mol. The second kappa shape index (κ2) is 54.3. The Hall–Kier alpha value is -9.44. The zero-order valence-corrected chi connectivity index (χ0v) is 83.7. The van der Waals surface area contributed by atoms with Crippen LogP contribution in [-0.2, 0) is 28.4 Å². The smallest absolute Gasteiger partial charge is 0.229 e. The number of ether oxygens (including phenoxy) is 6. The number of likely N-dealkylation sites (N-methyl/N-ethyl adjacent to an activating group) is 4. The highest BCUT2D eigenvalue weighted by Crippen LogP contribution is 2.30. The van der Waals surface area contributed by atoms with E-state index in [2.05, 4.69) is 149 Å². The first-order valence-electron chi connectivity index (χ1n) is 52.1. The van der Waals surface area contributed by atoms with Crippen LogP contribution in [-0.4, -0.2) is 560 Å². The van der Waals surface area contributed by atoms with E-state index in [0.29, 0.717) is 28.1 Å². The lowest BCUT2D eigenvalue weighted by Gasteiger charge is -2.32. The summed E-state index contributed by atoms with van der Waals surface area (Å²) < 4.78 is 32.7. The van der Waals surface area contributed by atoms with Crippen LogP contribution in [0, 0.1) is 0 Å². The number of fused-ring (bicyclic) bond motifs is 4. The molecule has 12 aliphatic heterocycles. The van der Waals surface area contributed by atoms with Crippen LogP contribution >= 0.6 is 0 Å². The van der Waals surface area contributed by atoms with Gasteiger partial charge in [0.1, 0.15) is 23.3 Å². The minimum absolute atomic E-state index is 0.624. The number of nitrogens with zero attached hydrogens (tertiary/aromatic N) is 32. The molecule has 0 bridgehead atoms. The average Bonchev–Trinajstić information content (AvgIpc) is 0.804. The predicted molar refractivity (Wildman–Crippen MR) is 551 cm³/mol. The summed E-state index contributed by atoms with van der Waals surface area (Å²) in [6.45, 7) is 56.2. The number of hydrogen-bond donors (Lipinski definition) is 8. The minimum atomic E-state index is 0.624. The van der Waals surface area contributed by atoms with E-state index in [9.17, 15) is 0 Å². The Morgan fingerprint density at radius 1 is 0.200 bits per heavy atom. The first-order valence-corrected chi connectivity index (χ1v) is 52.1. The van der Waals surface area contributed by atoms with Crippen LogP contribution in [0.25, 0.3) is 44.7 Å². The number of hydrogen-bond acceptors (Lipinski definition) is 46. The van der Waals surface area contributed by atoms with Crippen molar-refractivity contribution < 1.29 is 28.4 Å². The molecule has 46 heteroatoms. The van der Waals surface area contributed by atoms with Gasteiger partial charge in [0.05, 0.1) is 104 Å². The molecule has 20 rings (SSSR count). The summed E-state index contributed by atoms with van der Waals surface area (Å²) >= 11 is 0. The summed E-state index contributed by atoms with van der Waals surface area (Å²) in [6.07, 6.45) is 14.4. The number of piperidine rings is 2. The molecule has 8 aromatic rings. The summed E-state index contributed by atoms with van der Waals surface area (Å²) in [4.78, 5) is 115. The SMILES string of the molecule is CN1CCN(CCNc2cnc3c(NCCN4CCOCC4)nc(N4CCCCC4)nc3n2)CC1.CN1CCN(CCNc2cnc3c(NCCN4CCOCC4)nc(N4CCN(C)CC4)nc3n2)CC1.CN1CCN(c2nc(NCCN3CCOCC3)c3ncc(NCCN4CCOCC4)nc3n2)CC1.c1nc2c(NCCN3CCOCC3)nc(N3CCCCC3)nc2nc1NCCN1CCOCC1. The lowest BCUT2D eigenvalue weighted by atomic mass is 10.1. The highest BCUT2D eigenvalue weighted by atomic mass is 16.5. The molecule has 0 amide bonds. The number of piperazine rings is 4. The molecule has 8 aromatic heterocycles. The maximum atomic E-state index is 5.47. The van der Waals surface area contributed by atoms with Gasteiger partial charge in [-0.05, 0) is 66.7 Å². The Morgan fingerprint density at radius 3 is 0.600 bits per heavy atom.